The number of aryl methyl sites for hydroxylation is 2. The first-order valence-corrected chi connectivity index (χ1v) is 7.37. The van der Waals surface area contributed by atoms with Crippen molar-refractivity contribution in [3.8, 4) is 24.2 Å². The maximum absolute atomic E-state index is 13.6. The first kappa shape index (κ1) is 19.3. The van der Waals surface area contributed by atoms with Gasteiger partial charge in [-0.05, 0) is 65.0 Å². The molecule has 1 aromatic carbocycles. The number of benzene rings is 1. The van der Waals surface area contributed by atoms with Crippen LogP contribution in [-0.2, 0) is 4.74 Å². The molecule has 0 saturated heterocycles. The van der Waals surface area contributed by atoms with Crippen molar-refractivity contribution >= 4 is 17.0 Å². The third-order valence-corrected chi connectivity index (χ3v) is 2.91. The highest BCUT2D eigenvalue weighted by Gasteiger charge is 2.21. The largest absolute Gasteiger partial charge is 0.442 e. The molecule has 24 heavy (non-hydrogen) atoms. The standard InChI is InChI=1S/C14H17FN2O2.C5H4/c1-8-6-10-9(2)16-17(12(10)7-11(8)15)13(18)19-14(3,4)5;1-3-5-4-2/h6-7H,1-5H3;1H,2H3. The second-order valence-corrected chi connectivity index (χ2v) is 6.12. The van der Waals surface area contributed by atoms with Gasteiger partial charge in [0.25, 0.3) is 0 Å². The minimum atomic E-state index is -0.619. The molecule has 0 aliphatic rings. The number of hydrogen-bond acceptors (Lipinski definition) is 3. The van der Waals surface area contributed by atoms with Crippen LogP contribution in [0.15, 0.2) is 12.1 Å². The minimum Gasteiger partial charge on any atom is -0.442 e. The second kappa shape index (κ2) is 7.66. The number of terminal acetylenes is 1. The first-order chi connectivity index (χ1) is 11.1. The summed E-state index contributed by atoms with van der Waals surface area (Å²) in [5, 5.41) is 4.89. The fraction of sp³-hybridized carbons (Fsp3) is 0.368. The Morgan fingerprint density at radius 1 is 1.33 bits per heavy atom. The van der Waals surface area contributed by atoms with Crippen LogP contribution in [0.5, 0.6) is 0 Å². The van der Waals surface area contributed by atoms with Gasteiger partial charge in [-0.1, -0.05) is 5.92 Å². The lowest BCUT2D eigenvalue weighted by Crippen LogP contribution is -2.27. The van der Waals surface area contributed by atoms with E-state index in [1.54, 1.807) is 47.6 Å². The molecular weight excluding hydrogens is 307 g/mol. The molecule has 0 bridgehead atoms. The van der Waals surface area contributed by atoms with Gasteiger partial charge >= 0.3 is 6.09 Å². The van der Waals surface area contributed by atoms with E-state index in [9.17, 15) is 9.18 Å². The Morgan fingerprint density at radius 2 is 1.96 bits per heavy atom. The van der Waals surface area contributed by atoms with E-state index in [2.05, 4.69) is 22.9 Å². The van der Waals surface area contributed by atoms with Gasteiger partial charge in [0, 0.05) is 11.5 Å². The summed E-state index contributed by atoms with van der Waals surface area (Å²) < 4.78 is 20.0. The van der Waals surface area contributed by atoms with Gasteiger partial charge in [-0.25, -0.2) is 9.18 Å². The lowest BCUT2D eigenvalue weighted by atomic mass is 10.1. The number of carbonyl (C=O) groups is 1. The Morgan fingerprint density at radius 3 is 2.42 bits per heavy atom. The van der Waals surface area contributed by atoms with Crippen LogP contribution >= 0.6 is 0 Å². The lowest BCUT2D eigenvalue weighted by Gasteiger charge is -2.19. The molecule has 0 radical (unpaired) electrons. The molecule has 0 aliphatic carbocycles. The maximum Gasteiger partial charge on any atom is 0.435 e. The van der Waals surface area contributed by atoms with Gasteiger partial charge < -0.3 is 4.74 Å². The van der Waals surface area contributed by atoms with E-state index >= 15 is 0 Å². The van der Waals surface area contributed by atoms with Gasteiger partial charge in [0.15, 0.2) is 0 Å². The van der Waals surface area contributed by atoms with Crippen molar-refractivity contribution in [1.29, 1.82) is 0 Å². The number of ether oxygens (including phenoxy) is 1. The zero-order valence-corrected chi connectivity index (χ0v) is 14.8. The monoisotopic (exact) mass is 328 g/mol. The van der Waals surface area contributed by atoms with Gasteiger partial charge in [0.05, 0.1) is 11.2 Å². The van der Waals surface area contributed by atoms with Crippen molar-refractivity contribution in [3.05, 3.63) is 29.2 Å². The van der Waals surface area contributed by atoms with Crippen LogP contribution < -0.4 is 0 Å². The van der Waals surface area contributed by atoms with Gasteiger partial charge in [0.1, 0.15) is 11.4 Å². The first-order valence-electron chi connectivity index (χ1n) is 7.37. The molecule has 1 aromatic heterocycles. The maximum atomic E-state index is 13.6. The zero-order chi connectivity index (χ0) is 18.5. The Bertz CT molecular complexity index is 856. The number of hydrogen-bond donors (Lipinski definition) is 0. The smallest absolute Gasteiger partial charge is 0.435 e. The minimum absolute atomic E-state index is 0.364. The van der Waals surface area contributed by atoms with Crippen molar-refractivity contribution in [2.24, 2.45) is 0 Å². The third kappa shape index (κ3) is 4.86. The summed E-state index contributed by atoms with van der Waals surface area (Å²) in [6.07, 6.45) is 4.11. The molecule has 2 rings (SSSR count). The molecule has 0 saturated carbocycles. The third-order valence-electron chi connectivity index (χ3n) is 2.91. The Balaban J connectivity index is 0.000000505. The quantitative estimate of drug-likeness (QED) is 0.680. The summed E-state index contributed by atoms with van der Waals surface area (Å²) in [6, 6.07) is 3.00. The second-order valence-electron chi connectivity index (χ2n) is 6.12. The average Bonchev–Trinajstić information content (AvgIpc) is 2.76. The van der Waals surface area contributed by atoms with Gasteiger partial charge in [-0.15, -0.1) is 6.42 Å². The molecule has 5 heteroatoms. The summed E-state index contributed by atoms with van der Waals surface area (Å²) in [6.45, 7) is 10.5. The molecule has 0 unspecified atom stereocenters. The van der Waals surface area contributed by atoms with Crippen molar-refractivity contribution in [1.82, 2.24) is 9.78 Å². The normalized spacial score (nSPS) is 10.1. The van der Waals surface area contributed by atoms with Crippen LogP contribution in [0.4, 0.5) is 9.18 Å². The zero-order valence-electron chi connectivity index (χ0n) is 14.8. The van der Waals surface area contributed by atoms with Gasteiger partial charge in [-0.3, -0.25) is 0 Å². The number of aromatic nitrogens is 2. The molecule has 4 nitrogen and oxygen atoms in total. The van der Waals surface area contributed by atoms with E-state index in [1.165, 1.54) is 6.07 Å². The predicted octanol–water partition coefficient (Wildman–Crippen LogP) is 4.22. The molecule has 126 valence electrons. The Hall–Kier alpha value is -2.79. The number of halogens is 1. The van der Waals surface area contributed by atoms with Crippen molar-refractivity contribution in [3.63, 3.8) is 0 Å². The predicted molar refractivity (Wildman–Crippen MR) is 93.1 cm³/mol. The Kier molecular flexibility index (Phi) is 6.14. The topological polar surface area (TPSA) is 44.1 Å². The molecule has 0 amide bonds. The highest BCUT2D eigenvalue weighted by Crippen LogP contribution is 2.23. The SMILES string of the molecule is C#CC#CC.Cc1cc2c(C)nn(C(=O)OC(C)(C)C)c2cc1F. The van der Waals surface area contributed by atoms with Gasteiger partial charge in [-0.2, -0.15) is 9.78 Å². The fourth-order valence-corrected chi connectivity index (χ4v) is 1.91. The van der Waals surface area contributed by atoms with E-state index < -0.39 is 11.7 Å². The Labute approximate surface area is 142 Å². The van der Waals surface area contributed by atoms with Crippen LogP contribution in [0.3, 0.4) is 0 Å². The molecule has 2 aromatic rings. The summed E-state index contributed by atoms with van der Waals surface area (Å²) in [7, 11) is 0. The molecule has 0 aliphatic heterocycles. The molecule has 0 atom stereocenters. The van der Waals surface area contributed by atoms with E-state index in [0.717, 1.165) is 10.1 Å². The average molecular weight is 328 g/mol. The number of nitrogens with zero attached hydrogens (tertiary/aromatic N) is 2. The summed E-state index contributed by atoms with van der Waals surface area (Å²) in [5.74, 6) is 6.71. The van der Waals surface area contributed by atoms with Crippen LogP contribution in [0.1, 0.15) is 39.0 Å². The van der Waals surface area contributed by atoms with Crippen molar-refractivity contribution < 1.29 is 13.9 Å². The number of fused-ring (bicyclic) bond motifs is 1. The molecule has 0 spiro atoms. The van der Waals surface area contributed by atoms with E-state index in [1.807, 2.05) is 0 Å². The van der Waals surface area contributed by atoms with Crippen molar-refractivity contribution in [2.75, 3.05) is 0 Å². The number of rotatable bonds is 0. The number of carbonyl (C=O) groups excluding carboxylic acids is 1. The van der Waals surface area contributed by atoms with Crippen molar-refractivity contribution in [2.45, 2.75) is 47.1 Å². The van der Waals surface area contributed by atoms with E-state index in [-0.39, 0.29) is 5.82 Å². The molecule has 0 N–H and O–H groups in total. The highest BCUT2D eigenvalue weighted by atomic mass is 19.1. The summed E-state index contributed by atoms with van der Waals surface area (Å²) >= 11 is 0. The van der Waals surface area contributed by atoms with Crippen LogP contribution in [-0.4, -0.2) is 21.5 Å². The van der Waals surface area contributed by atoms with Gasteiger partial charge in [0.2, 0.25) is 0 Å². The van der Waals surface area contributed by atoms with E-state index in [0.29, 0.717) is 16.8 Å². The van der Waals surface area contributed by atoms with E-state index in [4.69, 9.17) is 11.2 Å². The summed E-state index contributed by atoms with van der Waals surface area (Å²) in [5.41, 5.74) is 1.00. The van der Waals surface area contributed by atoms with Crippen LogP contribution in [0, 0.1) is 43.8 Å². The molecule has 1 heterocycles. The fourth-order valence-electron chi connectivity index (χ4n) is 1.91. The van der Waals surface area contributed by atoms with Crippen LogP contribution in [0.25, 0.3) is 10.9 Å². The lowest BCUT2D eigenvalue weighted by molar-refractivity contribution is 0.0522. The summed E-state index contributed by atoms with van der Waals surface area (Å²) in [4.78, 5) is 12.0. The molecule has 0 fully saturated rings. The molecular formula is C19H21FN2O2. The van der Waals surface area contributed by atoms with Crippen LogP contribution in [0.2, 0.25) is 0 Å². The highest BCUT2D eigenvalue weighted by molar-refractivity contribution is 5.90.